The third-order valence-electron chi connectivity index (χ3n) is 1.91. The molecular formula is C10H13ClFNO. The molecule has 78 valence electrons. The maximum absolute atomic E-state index is 12.7. The third-order valence-corrected chi connectivity index (χ3v) is 2.24. The minimum absolute atomic E-state index is 0.260. The van der Waals surface area contributed by atoms with Gasteiger partial charge in [-0.1, -0.05) is 24.6 Å². The Morgan fingerprint density at radius 3 is 2.86 bits per heavy atom. The second-order valence-electron chi connectivity index (χ2n) is 2.99. The molecule has 14 heavy (non-hydrogen) atoms. The maximum Gasteiger partial charge on any atom is 0.124 e. The van der Waals surface area contributed by atoms with E-state index in [0.29, 0.717) is 12.1 Å². The van der Waals surface area contributed by atoms with Gasteiger partial charge in [-0.25, -0.2) is 4.39 Å². The summed E-state index contributed by atoms with van der Waals surface area (Å²) in [5, 5.41) is 12.9. The Hall–Kier alpha value is -0.640. The molecule has 2 nitrogen and oxygen atoms in total. The molecule has 0 aliphatic rings. The topological polar surface area (TPSA) is 32.3 Å². The summed E-state index contributed by atoms with van der Waals surface area (Å²) in [5.74, 6) is -0.394. The van der Waals surface area contributed by atoms with Gasteiger partial charge in [-0.05, 0) is 18.7 Å². The lowest BCUT2D eigenvalue weighted by Gasteiger charge is -2.12. The van der Waals surface area contributed by atoms with E-state index in [9.17, 15) is 9.50 Å². The first-order valence-electron chi connectivity index (χ1n) is 4.49. The molecule has 0 aromatic heterocycles. The minimum atomic E-state index is -0.692. The van der Waals surface area contributed by atoms with Gasteiger partial charge in [0.15, 0.2) is 0 Å². The molecule has 1 aromatic rings. The largest absolute Gasteiger partial charge is 0.387 e. The molecular weight excluding hydrogens is 205 g/mol. The quantitative estimate of drug-likeness (QED) is 0.810. The zero-order valence-corrected chi connectivity index (χ0v) is 8.68. The molecule has 0 aliphatic heterocycles. The summed E-state index contributed by atoms with van der Waals surface area (Å²) >= 11 is 5.78. The molecule has 1 unspecified atom stereocenters. The number of hydrogen-bond donors (Lipinski definition) is 2. The Balaban J connectivity index is 2.74. The SMILES string of the molecule is CCNCC(O)c1ccc(F)cc1Cl. The van der Waals surface area contributed by atoms with Gasteiger partial charge in [-0.15, -0.1) is 0 Å². The van der Waals surface area contributed by atoms with Crippen molar-refractivity contribution in [3.63, 3.8) is 0 Å². The molecule has 1 atom stereocenters. The molecule has 4 heteroatoms. The molecule has 0 saturated carbocycles. The van der Waals surface area contributed by atoms with Gasteiger partial charge in [0.2, 0.25) is 0 Å². The molecule has 0 bridgehead atoms. The van der Waals surface area contributed by atoms with E-state index in [1.165, 1.54) is 18.2 Å². The smallest absolute Gasteiger partial charge is 0.124 e. The first-order chi connectivity index (χ1) is 6.65. The van der Waals surface area contributed by atoms with Crippen LogP contribution in [0.2, 0.25) is 5.02 Å². The van der Waals surface area contributed by atoms with Crippen LogP contribution in [0.5, 0.6) is 0 Å². The van der Waals surface area contributed by atoms with Gasteiger partial charge in [0.05, 0.1) is 6.10 Å². The Labute approximate surface area is 87.7 Å². The zero-order valence-electron chi connectivity index (χ0n) is 7.93. The second-order valence-corrected chi connectivity index (χ2v) is 3.40. The zero-order chi connectivity index (χ0) is 10.6. The lowest BCUT2D eigenvalue weighted by atomic mass is 10.1. The van der Waals surface area contributed by atoms with Crippen LogP contribution in [0.1, 0.15) is 18.6 Å². The highest BCUT2D eigenvalue weighted by molar-refractivity contribution is 6.31. The van der Waals surface area contributed by atoms with Gasteiger partial charge in [0, 0.05) is 17.1 Å². The molecule has 0 heterocycles. The van der Waals surface area contributed by atoms with Crippen molar-refractivity contribution in [3.05, 3.63) is 34.6 Å². The van der Waals surface area contributed by atoms with Crippen LogP contribution in [0.25, 0.3) is 0 Å². The van der Waals surface area contributed by atoms with Crippen LogP contribution in [0.15, 0.2) is 18.2 Å². The fourth-order valence-corrected chi connectivity index (χ4v) is 1.46. The molecule has 0 fully saturated rings. The van der Waals surface area contributed by atoms with Gasteiger partial charge in [-0.3, -0.25) is 0 Å². The maximum atomic E-state index is 12.7. The predicted molar refractivity (Wildman–Crippen MR) is 54.9 cm³/mol. The van der Waals surface area contributed by atoms with Gasteiger partial charge in [-0.2, -0.15) is 0 Å². The summed E-state index contributed by atoms with van der Waals surface area (Å²) in [4.78, 5) is 0. The van der Waals surface area contributed by atoms with Crippen molar-refractivity contribution in [2.75, 3.05) is 13.1 Å². The van der Waals surface area contributed by atoms with Crippen molar-refractivity contribution in [2.24, 2.45) is 0 Å². The van der Waals surface area contributed by atoms with Gasteiger partial charge in [0.25, 0.3) is 0 Å². The number of benzene rings is 1. The highest BCUT2D eigenvalue weighted by atomic mass is 35.5. The molecule has 2 N–H and O–H groups in total. The Kier molecular flexibility index (Phi) is 4.32. The highest BCUT2D eigenvalue weighted by Crippen LogP contribution is 2.23. The third kappa shape index (κ3) is 2.94. The van der Waals surface area contributed by atoms with Crippen LogP contribution in [0.4, 0.5) is 4.39 Å². The molecule has 0 aliphatic carbocycles. The van der Waals surface area contributed by atoms with Crippen molar-refractivity contribution in [1.82, 2.24) is 5.32 Å². The summed E-state index contributed by atoms with van der Waals surface area (Å²) in [7, 11) is 0. The lowest BCUT2D eigenvalue weighted by molar-refractivity contribution is 0.175. The normalized spacial score (nSPS) is 12.9. The number of aliphatic hydroxyl groups is 1. The van der Waals surface area contributed by atoms with Gasteiger partial charge < -0.3 is 10.4 Å². The number of nitrogens with one attached hydrogen (secondary N) is 1. The Morgan fingerprint density at radius 2 is 2.29 bits per heavy atom. The van der Waals surface area contributed by atoms with Crippen LogP contribution in [0.3, 0.4) is 0 Å². The van der Waals surface area contributed by atoms with Crippen LogP contribution < -0.4 is 5.32 Å². The standard InChI is InChI=1S/C10H13ClFNO/c1-2-13-6-10(14)8-4-3-7(12)5-9(8)11/h3-5,10,13-14H,2,6H2,1H3. The van der Waals surface area contributed by atoms with Crippen LogP contribution in [-0.2, 0) is 0 Å². The number of likely N-dealkylation sites (N-methyl/N-ethyl adjacent to an activating group) is 1. The van der Waals surface area contributed by atoms with Crippen LogP contribution >= 0.6 is 11.6 Å². The van der Waals surface area contributed by atoms with Crippen molar-refractivity contribution in [3.8, 4) is 0 Å². The highest BCUT2D eigenvalue weighted by Gasteiger charge is 2.11. The van der Waals surface area contributed by atoms with E-state index in [0.717, 1.165) is 6.54 Å². The average Bonchev–Trinajstić information content (AvgIpc) is 2.14. The van der Waals surface area contributed by atoms with Crippen LogP contribution in [-0.4, -0.2) is 18.2 Å². The Bertz CT molecular complexity index is 306. The predicted octanol–water partition coefficient (Wildman–Crippen LogP) is 2.12. The summed E-state index contributed by atoms with van der Waals surface area (Å²) in [5.41, 5.74) is 0.550. The van der Waals surface area contributed by atoms with Gasteiger partial charge in [0.1, 0.15) is 5.82 Å². The van der Waals surface area contributed by atoms with Crippen molar-refractivity contribution in [2.45, 2.75) is 13.0 Å². The number of rotatable bonds is 4. The monoisotopic (exact) mass is 217 g/mol. The van der Waals surface area contributed by atoms with Crippen LogP contribution in [0, 0.1) is 5.82 Å². The molecule has 1 aromatic carbocycles. The summed E-state index contributed by atoms with van der Waals surface area (Å²) < 4.78 is 12.7. The minimum Gasteiger partial charge on any atom is -0.387 e. The van der Waals surface area contributed by atoms with E-state index in [4.69, 9.17) is 11.6 Å². The number of aliphatic hydroxyl groups excluding tert-OH is 1. The molecule has 0 saturated heterocycles. The molecule has 0 amide bonds. The lowest BCUT2D eigenvalue weighted by Crippen LogP contribution is -2.21. The van der Waals surface area contributed by atoms with Crippen molar-refractivity contribution >= 4 is 11.6 Å². The van der Waals surface area contributed by atoms with Gasteiger partial charge >= 0.3 is 0 Å². The number of halogens is 2. The first-order valence-corrected chi connectivity index (χ1v) is 4.86. The van der Waals surface area contributed by atoms with E-state index >= 15 is 0 Å². The Morgan fingerprint density at radius 1 is 1.57 bits per heavy atom. The van der Waals surface area contributed by atoms with E-state index in [2.05, 4.69) is 5.32 Å². The van der Waals surface area contributed by atoms with Crippen molar-refractivity contribution in [1.29, 1.82) is 0 Å². The fourth-order valence-electron chi connectivity index (χ4n) is 1.16. The first kappa shape index (κ1) is 11.4. The van der Waals surface area contributed by atoms with E-state index in [-0.39, 0.29) is 5.02 Å². The van der Waals surface area contributed by atoms with E-state index in [1.54, 1.807) is 0 Å². The fraction of sp³-hybridized carbons (Fsp3) is 0.400. The molecule has 0 spiro atoms. The summed E-state index contributed by atoms with van der Waals surface area (Å²) in [6.07, 6.45) is -0.692. The van der Waals surface area contributed by atoms with Crippen molar-refractivity contribution < 1.29 is 9.50 Å². The summed E-state index contributed by atoms with van der Waals surface area (Å²) in [6.45, 7) is 3.14. The average molecular weight is 218 g/mol. The number of hydrogen-bond acceptors (Lipinski definition) is 2. The van der Waals surface area contributed by atoms with E-state index < -0.39 is 11.9 Å². The summed E-state index contributed by atoms with van der Waals surface area (Å²) in [6, 6.07) is 3.99. The molecule has 0 radical (unpaired) electrons. The van der Waals surface area contributed by atoms with E-state index in [1.807, 2.05) is 6.92 Å². The second kappa shape index (κ2) is 5.29. The molecule has 1 rings (SSSR count).